The van der Waals surface area contributed by atoms with E-state index in [1.807, 2.05) is 20.8 Å². The highest BCUT2D eigenvalue weighted by atomic mass is 16.2. The third kappa shape index (κ3) is 6.23. The van der Waals surface area contributed by atoms with Crippen molar-refractivity contribution in [2.45, 2.75) is 33.7 Å². The van der Waals surface area contributed by atoms with Gasteiger partial charge in [-0.25, -0.2) is 5.84 Å². The number of carbonyl (C=O) groups excluding carboxylic acids is 1. The van der Waals surface area contributed by atoms with E-state index in [0.29, 0.717) is 25.0 Å². The Kier molecular flexibility index (Phi) is 7.28. The van der Waals surface area contributed by atoms with Crippen LogP contribution in [0.4, 0.5) is 0 Å². The van der Waals surface area contributed by atoms with Crippen LogP contribution in [0.25, 0.3) is 0 Å². The van der Waals surface area contributed by atoms with E-state index in [2.05, 4.69) is 21.1 Å². The Morgan fingerprint density at radius 2 is 2.00 bits per heavy atom. The summed E-state index contributed by atoms with van der Waals surface area (Å²) < 4.78 is 0. The van der Waals surface area contributed by atoms with Crippen molar-refractivity contribution in [1.82, 2.24) is 16.1 Å². The summed E-state index contributed by atoms with van der Waals surface area (Å²) in [5.74, 6) is 6.06. The zero-order chi connectivity index (χ0) is 12.6. The van der Waals surface area contributed by atoms with E-state index in [0.717, 1.165) is 0 Å². The molecule has 6 heteroatoms. The van der Waals surface area contributed by atoms with Crippen molar-refractivity contribution < 1.29 is 4.79 Å². The summed E-state index contributed by atoms with van der Waals surface area (Å²) in [4.78, 5) is 15.7. The van der Waals surface area contributed by atoms with Crippen LogP contribution < -0.4 is 21.9 Å². The molecule has 0 radical (unpaired) electrons. The van der Waals surface area contributed by atoms with Crippen LogP contribution in [0.3, 0.4) is 0 Å². The topological polar surface area (TPSA) is 91.5 Å². The number of carbonyl (C=O) groups is 1. The summed E-state index contributed by atoms with van der Waals surface area (Å²) in [5, 5.41) is 5.72. The first-order chi connectivity index (χ1) is 7.51. The summed E-state index contributed by atoms with van der Waals surface area (Å²) in [6.07, 6.45) is 0. The van der Waals surface area contributed by atoms with Crippen molar-refractivity contribution in [2.24, 2.45) is 16.8 Å². The second kappa shape index (κ2) is 7.92. The first-order valence-corrected chi connectivity index (χ1v) is 5.56. The lowest BCUT2D eigenvalue weighted by atomic mass is 10.2. The minimum Gasteiger partial charge on any atom is -0.354 e. The molecule has 0 aromatic heterocycles. The maximum atomic E-state index is 11.6. The lowest BCUT2D eigenvalue weighted by Crippen LogP contribution is -2.51. The van der Waals surface area contributed by atoms with Gasteiger partial charge in [-0.2, -0.15) is 0 Å². The van der Waals surface area contributed by atoms with E-state index in [1.165, 1.54) is 0 Å². The smallest absolute Gasteiger partial charge is 0.242 e. The monoisotopic (exact) mass is 229 g/mol. The fourth-order valence-corrected chi connectivity index (χ4v) is 1.02. The molecular formula is C10H23N5O. The molecule has 0 aromatic rings. The van der Waals surface area contributed by atoms with Gasteiger partial charge in [-0.1, -0.05) is 13.8 Å². The molecule has 0 rings (SSSR count). The molecule has 94 valence electrons. The van der Waals surface area contributed by atoms with Crippen molar-refractivity contribution in [1.29, 1.82) is 0 Å². The Hall–Kier alpha value is -1.30. The van der Waals surface area contributed by atoms with Gasteiger partial charge in [0.25, 0.3) is 0 Å². The Balaban J connectivity index is 4.08. The summed E-state index contributed by atoms with van der Waals surface area (Å²) >= 11 is 0. The summed E-state index contributed by atoms with van der Waals surface area (Å²) in [6.45, 7) is 9.02. The van der Waals surface area contributed by atoms with Crippen molar-refractivity contribution in [2.75, 3.05) is 13.1 Å². The molecule has 5 N–H and O–H groups in total. The molecule has 6 nitrogen and oxygen atoms in total. The average molecular weight is 229 g/mol. The van der Waals surface area contributed by atoms with E-state index in [-0.39, 0.29) is 11.9 Å². The van der Waals surface area contributed by atoms with Gasteiger partial charge >= 0.3 is 0 Å². The molecule has 0 heterocycles. The van der Waals surface area contributed by atoms with Gasteiger partial charge in [0.05, 0.1) is 0 Å². The number of nitrogens with two attached hydrogens (primary N) is 1. The van der Waals surface area contributed by atoms with Gasteiger partial charge in [-0.3, -0.25) is 15.2 Å². The number of aliphatic imine (C=N–C) groups is 1. The molecule has 0 bridgehead atoms. The Labute approximate surface area is 97.0 Å². The molecule has 0 spiro atoms. The molecule has 16 heavy (non-hydrogen) atoms. The number of hydrazine groups is 1. The molecule has 0 fully saturated rings. The van der Waals surface area contributed by atoms with Crippen LogP contribution in [0.5, 0.6) is 0 Å². The highest BCUT2D eigenvalue weighted by Crippen LogP contribution is 1.89. The van der Waals surface area contributed by atoms with E-state index in [9.17, 15) is 4.79 Å². The van der Waals surface area contributed by atoms with Crippen LogP contribution in [0.2, 0.25) is 0 Å². The first kappa shape index (κ1) is 14.7. The molecule has 0 aliphatic carbocycles. The Bertz CT molecular complexity index is 239. The van der Waals surface area contributed by atoms with Gasteiger partial charge in [0.15, 0.2) is 0 Å². The van der Waals surface area contributed by atoms with Crippen LogP contribution >= 0.6 is 0 Å². The second-order valence-electron chi connectivity index (χ2n) is 3.97. The number of amides is 1. The molecule has 0 aliphatic heterocycles. The lowest BCUT2D eigenvalue weighted by Gasteiger charge is -2.16. The number of nitrogens with one attached hydrogen (secondary N) is 3. The number of hydrogen-bond donors (Lipinski definition) is 4. The number of guanidine groups is 1. The van der Waals surface area contributed by atoms with Crippen molar-refractivity contribution in [3.8, 4) is 0 Å². The van der Waals surface area contributed by atoms with Gasteiger partial charge in [0.2, 0.25) is 11.9 Å². The van der Waals surface area contributed by atoms with Crippen LogP contribution in [-0.4, -0.2) is 31.0 Å². The van der Waals surface area contributed by atoms with Crippen LogP contribution in [0.15, 0.2) is 4.99 Å². The SMILES string of the molecule is CCN=C(NN)NC(C)C(=O)NCC(C)C. The van der Waals surface area contributed by atoms with E-state index < -0.39 is 0 Å². The highest BCUT2D eigenvalue weighted by molar-refractivity contribution is 5.88. The van der Waals surface area contributed by atoms with Crippen molar-refractivity contribution >= 4 is 11.9 Å². The molecule has 0 aromatic carbocycles. The standard InChI is InChI=1S/C10H23N5O/c1-5-12-10(15-11)14-8(4)9(16)13-6-7(2)3/h7-8H,5-6,11H2,1-4H3,(H,13,16)(H2,12,14,15). The Morgan fingerprint density at radius 1 is 1.38 bits per heavy atom. The quantitative estimate of drug-likeness (QED) is 0.223. The van der Waals surface area contributed by atoms with E-state index in [1.54, 1.807) is 6.92 Å². The Morgan fingerprint density at radius 3 is 2.44 bits per heavy atom. The average Bonchev–Trinajstić information content (AvgIpc) is 2.24. The third-order valence-electron chi connectivity index (χ3n) is 1.88. The number of hydrogen-bond acceptors (Lipinski definition) is 3. The zero-order valence-electron chi connectivity index (χ0n) is 10.5. The van der Waals surface area contributed by atoms with Crippen molar-refractivity contribution in [3.63, 3.8) is 0 Å². The highest BCUT2D eigenvalue weighted by Gasteiger charge is 2.13. The van der Waals surface area contributed by atoms with Gasteiger partial charge in [0, 0.05) is 13.1 Å². The molecule has 0 aliphatic rings. The van der Waals surface area contributed by atoms with Crippen molar-refractivity contribution in [3.05, 3.63) is 0 Å². The van der Waals surface area contributed by atoms with Crippen LogP contribution in [0, 0.1) is 5.92 Å². The molecule has 0 saturated carbocycles. The maximum absolute atomic E-state index is 11.6. The molecule has 1 unspecified atom stereocenters. The summed E-state index contributed by atoms with van der Waals surface area (Å²) in [7, 11) is 0. The van der Waals surface area contributed by atoms with Gasteiger partial charge in [-0.15, -0.1) is 0 Å². The van der Waals surface area contributed by atoms with E-state index >= 15 is 0 Å². The lowest BCUT2D eigenvalue weighted by molar-refractivity contribution is -0.122. The molecule has 0 saturated heterocycles. The zero-order valence-corrected chi connectivity index (χ0v) is 10.5. The predicted octanol–water partition coefficient (Wildman–Crippen LogP) is -0.424. The van der Waals surface area contributed by atoms with Gasteiger partial charge < -0.3 is 10.6 Å². The predicted molar refractivity (Wildman–Crippen MR) is 65.7 cm³/mol. The largest absolute Gasteiger partial charge is 0.354 e. The van der Waals surface area contributed by atoms with E-state index in [4.69, 9.17) is 5.84 Å². The molecular weight excluding hydrogens is 206 g/mol. The second-order valence-corrected chi connectivity index (χ2v) is 3.97. The maximum Gasteiger partial charge on any atom is 0.242 e. The first-order valence-electron chi connectivity index (χ1n) is 5.56. The molecule has 1 amide bonds. The normalized spacial score (nSPS) is 13.5. The van der Waals surface area contributed by atoms with Crippen LogP contribution in [-0.2, 0) is 4.79 Å². The summed E-state index contributed by atoms with van der Waals surface area (Å²) in [6, 6.07) is -0.361. The number of rotatable bonds is 5. The van der Waals surface area contributed by atoms with Gasteiger partial charge in [-0.05, 0) is 19.8 Å². The number of nitrogens with zero attached hydrogens (tertiary/aromatic N) is 1. The minimum atomic E-state index is -0.361. The molecule has 1 atom stereocenters. The minimum absolute atomic E-state index is 0.0623. The fourth-order valence-electron chi connectivity index (χ4n) is 1.02. The third-order valence-corrected chi connectivity index (χ3v) is 1.88. The van der Waals surface area contributed by atoms with Gasteiger partial charge in [0.1, 0.15) is 6.04 Å². The summed E-state index contributed by atoms with van der Waals surface area (Å²) in [5.41, 5.74) is 2.41. The van der Waals surface area contributed by atoms with Crippen LogP contribution in [0.1, 0.15) is 27.7 Å². The fraction of sp³-hybridized carbons (Fsp3) is 0.800.